The SMILES string of the molecule is O=CCOCCOCCNC(=O)COCCOCCNC(=O)CC[C@H](NC(=O)CC[C@H](NC(=O)CC[C@H](NC(=O)CCCCCCCCCCCCC(=O)O)C(=O)O)C(=O)O)C(=O)O. The van der Waals surface area contributed by atoms with Gasteiger partial charge in [-0.15, -0.1) is 0 Å². The molecule has 23 nitrogen and oxygen atoms in total. The number of carbonyl (C=O) groups excluding carboxylic acids is 6. The number of carbonyl (C=O) groups is 10. The number of ether oxygens (including phenoxy) is 4. The second-order valence-corrected chi connectivity index (χ2v) is 14.6. The van der Waals surface area contributed by atoms with E-state index in [9.17, 15) is 63.3 Å². The number of carboxylic acids is 4. The van der Waals surface area contributed by atoms with Crippen molar-refractivity contribution in [2.24, 2.45) is 0 Å². The molecule has 0 radical (unpaired) electrons. The molecule has 0 aromatic carbocycles. The monoisotopic (exact) mass is 919 g/mol. The van der Waals surface area contributed by atoms with Crippen molar-refractivity contribution in [1.29, 1.82) is 0 Å². The lowest BCUT2D eigenvalue weighted by Gasteiger charge is -2.18. The van der Waals surface area contributed by atoms with Crippen LogP contribution in [0.25, 0.3) is 0 Å². The molecular formula is C41H69N5O18. The van der Waals surface area contributed by atoms with Crippen LogP contribution in [0.3, 0.4) is 0 Å². The first kappa shape index (κ1) is 58.7. The first-order chi connectivity index (χ1) is 30.7. The maximum absolute atomic E-state index is 12.5. The molecule has 0 aliphatic carbocycles. The van der Waals surface area contributed by atoms with Gasteiger partial charge in [-0.2, -0.15) is 0 Å². The number of rotatable bonds is 44. The van der Waals surface area contributed by atoms with Crippen molar-refractivity contribution in [1.82, 2.24) is 26.6 Å². The Morgan fingerprint density at radius 3 is 1.19 bits per heavy atom. The molecule has 3 atom stereocenters. The van der Waals surface area contributed by atoms with E-state index in [1.807, 2.05) is 0 Å². The lowest BCUT2D eigenvalue weighted by molar-refractivity contribution is -0.144. The predicted molar refractivity (Wildman–Crippen MR) is 225 cm³/mol. The minimum Gasteiger partial charge on any atom is -0.481 e. The van der Waals surface area contributed by atoms with Crippen LogP contribution < -0.4 is 26.6 Å². The molecule has 0 aromatic heterocycles. The van der Waals surface area contributed by atoms with Crippen molar-refractivity contribution < 1.29 is 87.3 Å². The number of hydrogen-bond acceptors (Lipinski definition) is 14. The van der Waals surface area contributed by atoms with E-state index in [0.29, 0.717) is 19.1 Å². The van der Waals surface area contributed by atoms with Gasteiger partial charge in [-0.05, 0) is 32.1 Å². The summed E-state index contributed by atoms with van der Waals surface area (Å²) in [4.78, 5) is 117. The Labute approximate surface area is 372 Å². The van der Waals surface area contributed by atoms with E-state index in [1.165, 1.54) is 0 Å². The average Bonchev–Trinajstić information content (AvgIpc) is 3.24. The number of aldehydes is 1. The van der Waals surface area contributed by atoms with Crippen LogP contribution in [0.4, 0.5) is 0 Å². The molecule has 0 saturated carbocycles. The third kappa shape index (κ3) is 36.2. The summed E-state index contributed by atoms with van der Waals surface area (Å²) < 4.78 is 20.6. The molecular weight excluding hydrogens is 850 g/mol. The van der Waals surface area contributed by atoms with Crippen LogP contribution in [-0.2, 0) is 66.9 Å². The first-order valence-electron chi connectivity index (χ1n) is 21.7. The van der Waals surface area contributed by atoms with E-state index in [-0.39, 0.29) is 104 Å². The van der Waals surface area contributed by atoms with Gasteiger partial charge in [-0.3, -0.25) is 28.8 Å². The van der Waals surface area contributed by atoms with Gasteiger partial charge in [0, 0.05) is 45.2 Å². The van der Waals surface area contributed by atoms with Crippen LogP contribution in [0.1, 0.15) is 116 Å². The number of aliphatic carboxylic acids is 4. The fourth-order valence-electron chi connectivity index (χ4n) is 5.77. The summed E-state index contributed by atoms with van der Waals surface area (Å²) in [6.07, 6.45) is 7.60. The van der Waals surface area contributed by atoms with Crippen LogP contribution >= 0.6 is 0 Å². The zero-order valence-corrected chi connectivity index (χ0v) is 36.6. The highest BCUT2D eigenvalue weighted by Crippen LogP contribution is 2.12. The van der Waals surface area contributed by atoms with Crippen LogP contribution in [0.2, 0.25) is 0 Å². The van der Waals surface area contributed by atoms with E-state index in [2.05, 4.69) is 26.6 Å². The number of hydrogen-bond donors (Lipinski definition) is 9. The van der Waals surface area contributed by atoms with Gasteiger partial charge in [0.1, 0.15) is 37.6 Å². The van der Waals surface area contributed by atoms with Gasteiger partial charge in [-0.25, -0.2) is 14.4 Å². The van der Waals surface area contributed by atoms with Gasteiger partial charge >= 0.3 is 23.9 Å². The Balaban J connectivity index is 4.31. The third-order valence-corrected chi connectivity index (χ3v) is 9.22. The predicted octanol–water partition coefficient (Wildman–Crippen LogP) is 0.299. The van der Waals surface area contributed by atoms with E-state index in [4.69, 9.17) is 24.1 Å². The summed E-state index contributed by atoms with van der Waals surface area (Å²) in [5.74, 6) is -8.13. The number of unbranched alkanes of at least 4 members (excludes halogenated alkanes) is 9. The Kier molecular flexibility index (Phi) is 36.1. The molecule has 366 valence electrons. The van der Waals surface area contributed by atoms with Crippen LogP contribution in [0, 0.1) is 0 Å². The van der Waals surface area contributed by atoms with Crippen LogP contribution in [0.5, 0.6) is 0 Å². The molecule has 0 bridgehead atoms. The second kappa shape index (κ2) is 39.3. The number of carboxylic acid groups (broad SMARTS) is 4. The normalized spacial score (nSPS) is 12.2. The fraction of sp³-hybridized carbons (Fsp3) is 0.756. The molecule has 0 aliphatic heterocycles. The Bertz CT molecular complexity index is 1420. The van der Waals surface area contributed by atoms with Crippen molar-refractivity contribution in [2.75, 3.05) is 65.9 Å². The van der Waals surface area contributed by atoms with Crippen LogP contribution in [-0.4, -0.2) is 164 Å². The highest BCUT2D eigenvalue weighted by Gasteiger charge is 2.26. The summed E-state index contributed by atoms with van der Waals surface area (Å²) in [5.41, 5.74) is 0. The molecule has 0 saturated heterocycles. The molecule has 9 N–H and O–H groups in total. The Morgan fingerprint density at radius 2 is 0.766 bits per heavy atom. The topological polar surface area (TPSA) is 349 Å². The average molecular weight is 920 g/mol. The zero-order valence-electron chi connectivity index (χ0n) is 36.6. The molecule has 0 spiro atoms. The smallest absolute Gasteiger partial charge is 0.326 e. The van der Waals surface area contributed by atoms with E-state index in [0.717, 1.165) is 51.4 Å². The van der Waals surface area contributed by atoms with Crippen molar-refractivity contribution in [3.63, 3.8) is 0 Å². The maximum atomic E-state index is 12.5. The number of amides is 5. The van der Waals surface area contributed by atoms with Crippen molar-refractivity contribution in [3.05, 3.63) is 0 Å². The second-order valence-electron chi connectivity index (χ2n) is 14.6. The largest absolute Gasteiger partial charge is 0.481 e. The summed E-state index contributed by atoms with van der Waals surface area (Å²) in [6, 6.07) is -4.43. The molecule has 0 heterocycles. The quantitative estimate of drug-likeness (QED) is 0.0293. The van der Waals surface area contributed by atoms with Crippen molar-refractivity contribution in [2.45, 2.75) is 134 Å². The zero-order chi connectivity index (χ0) is 47.8. The van der Waals surface area contributed by atoms with Gasteiger partial charge in [-0.1, -0.05) is 51.4 Å². The summed E-state index contributed by atoms with van der Waals surface area (Å²) in [7, 11) is 0. The molecule has 0 fully saturated rings. The van der Waals surface area contributed by atoms with Gasteiger partial charge in [0.2, 0.25) is 29.5 Å². The lowest BCUT2D eigenvalue weighted by atomic mass is 10.0. The molecule has 5 amide bonds. The summed E-state index contributed by atoms with van der Waals surface area (Å²) in [6.45, 7) is 1.27. The summed E-state index contributed by atoms with van der Waals surface area (Å²) >= 11 is 0. The highest BCUT2D eigenvalue weighted by atomic mass is 16.5. The minimum atomic E-state index is -1.56. The first-order valence-corrected chi connectivity index (χ1v) is 21.7. The summed E-state index contributed by atoms with van der Waals surface area (Å²) in [5, 5.41) is 49.3. The van der Waals surface area contributed by atoms with Gasteiger partial charge in [0.15, 0.2) is 0 Å². The third-order valence-electron chi connectivity index (χ3n) is 9.22. The van der Waals surface area contributed by atoms with E-state index in [1.54, 1.807) is 0 Å². The molecule has 0 aliphatic rings. The van der Waals surface area contributed by atoms with Gasteiger partial charge in [0.25, 0.3) is 0 Å². The van der Waals surface area contributed by atoms with Crippen LogP contribution in [0.15, 0.2) is 0 Å². The molecule has 0 aromatic rings. The fourth-order valence-corrected chi connectivity index (χ4v) is 5.77. The molecule has 0 unspecified atom stereocenters. The molecule has 23 heteroatoms. The van der Waals surface area contributed by atoms with Gasteiger partial charge in [0.05, 0.1) is 39.6 Å². The Hall–Kier alpha value is -5.26. The van der Waals surface area contributed by atoms with Gasteiger partial charge < -0.3 is 70.8 Å². The minimum absolute atomic E-state index is 0.00606. The van der Waals surface area contributed by atoms with E-state index < -0.39 is 84.9 Å². The highest BCUT2D eigenvalue weighted by molar-refractivity contribution is 5.87. The van der Waals surface area contributed by atoms with Crippen molar-refractivity contribution >= 4 is 59.7 Å². The van der Waals surface area contributed by atoms with Crippen molar-refractivity contribution in [3.8, 4) is 0 Å². The Morgan fingerprint density at radius 1 is 0.406 bits per heavy atom. The molecule has 64 heavy (non-hydrogen) atoms. The molecule has 0 rings (SSSR count). The van der Waals surface area contributed by atoms with E-state index >= 15 is 0 Å². The maximum Gasteiger partial charge on any atom is 0.326 e. The standard InChI is InChI=1S/C41H69N5O18/c47-21-24-63-26-25-61-23-20-43-37(52)29-64-28-27-62-22-19-42-33(48)16-13-30(39(55)56)45-35(50)18-15-32(41(59)60)46-36(51)17-14-31(40(57)58)44-34(49)11-9-7-5-3-1-2-4-6-8-10-12-38(53)54/h21,30-32H,1-20,22-29H2,(H,42,48)(H,43,52)(H,44,49)(H,45,50)(H,46,51)(H,53,54)(H,55,56)(H,57,58)(H,59,60)/t30-,31-,32-/m0/s1. The lowest BCUT2D eigenvalue weighted by Crippen LogP contribution is -2.45. The number of nitrogens with one attached hydrogen (secondary N) is 5.